The molecule has 0 fully saturated rings. The third kappa shape index (κ3) is 7.73. The van der Waals surface area contributed by atoms with Gasteiger partial charge in [-0.2, -0.15) is 0 Å². The molecule has 70 heavy (non-hydrogen) atoms. The van der Waals surface area contributed by atoms with E-state index in [2.05, 4.69) is 203 Å². The molecule has 0 atom stereocenters. The summed E-state index contributed by atoms with van der Waals surface area (Å²) in [6.07, 6.45) is 1.53. The van der Waals surface area contributed by atoms with Crippen LogP contribution in [0.1, 0.15) is 94.6 Å². The SMILES string of the molecule is BBB(B)B(B(B)B)c1c(C)c(C)c(B(B)B(B)B)c2c(-c3c4c(C)c(C)c(C)c(C)c4c(-c4c(C)c(C)c(C)c5c(C)c(C)c(C)c(C)c45)c4c(C)c(C)c(C)c(C)c34)c(B(B)B)c(BB)c(B)c12. The maximum absolute atomic E-state index is 2.55. The summed E-state index contributed by atoms with van der Waals surface area (Å²) in [4.78, 5) is 0. The number of aryl methyl sites for hydroxylation is 7. The maximum Gasteiger partial charge on any atom is 0.139 e. The van der Waals surface area contributed by atoms with Crippen molar-refractivity contribution in [3.05, 3.63) is 94.6 Å². The molecule has 0 radical (unpaired) electrons. The first-order valence-electron chi connectivity index (χ1n) is 27.7. The Bertz CT molecular complexity index is 3320. The Balaban J connectivity index is 2.06. The van der Waals surface area contributed by atoms with Crippen molar-refractivity contribution in [2.75, 3.05) is 0 Å². The van der Waals surface area contributed by atoms with E-state index in [0.717, 1.165) is 7.17 Å². The normalized spacial score (nSPS) is 11.6. The van der Waals surface area contributed by atoms with Gasteiger partial charge in [-0.3, -0.25) is 0 Å². The zero-order chi connectivity index (χ0) is 52.5. The first-order valence-corrected chi connectivity index (χ1v) is 27.7. The average Bonchev–Trinajstić information content (AvgIpc) is 3.31. The Morgan fingerprint density at radius 2 is 0.657 bits per heavy atom. The van der Waals surface area contributed by atoms with Crippen LogP contribution in [0.3, 0.4) is 0 Å². The van der Waals surface area contributed by atoms with Gasteiger partial charge in [-0.15, -0.1) is 5.46 Å². The van der Waals surface area contributed by atoms with E-state index in [-0.39, 0.29) is 0 Å². The molecule has 0 nitrogen and oxygen atoms in total. The van der Waals surface area contributed by atoms with Crippen molar-refractivity contribution >= 4 is 208 Å². The van der Waals surface area contributed by atoms with Gasteiger partial charge in [-0.25, -0.2) is 0 Å². The first-order chi connectivity index (χ1) is 32.6. The molecule has 7 rings (SSSR count). The molecule has 0 bridgehead atoms. The highest BCUT2D eigenvalue weighted by Gasteiger charge is 2.38. The zero-order valence-electron chi connectivity index (χ0n) is 49.9. The lowest BCUT2D eigenvalue weighted by Crippen LogP contribution is -2.64. The standard InChI is InChI=1S/C51H75B19/c1-18-19(2)27(10)36-35(25(18)8)26(9)24(7)32(15)37(36)42-38-28(11)20(3)22(5)30(13)40(38)43(41-31(14)23(6)21(4)29(12)39(41)42)44-45-46(47(52)48(63-53)51(44)65(55)56)50(67(69(60)61)70(62)64-54)34(17)33(16)49(45)66(57)68(58)59/h63-64H,52-62H2,1-17H3. The minimum Gasteiger partial charge on any atom is -0.105 e. The summed E-state index contributed by atoms with van der Waals surface area (Å²) in [7, 11) is 29.6. The molecule has 7 aromatic rings. The molecular weight excluding hydrogens is 818 g/mol. The second-order valence-electron chi connectivity index (χ2n) is 24.2. The molecule has 0 aliphatic rings. The summed E-state index contributed by atoms with van der Waals surface area (Å²) in [5.74, 6) is 0. The lowest BCUT2D eigenvalue weighted by atomic mass is 8.68. The van der Waals surface area contributed by atoms with Crippen molar-refractivity contribution in [1.29, 1.82) is 0 Å². The molecule has 0 amide bonds. The fourth-order valence-corrected chi connectivity index (χ4v) is 14.4. The Hall–Kier alpha value is -3.19. The van der Waals surface area contributed by atoms with Gasteiger partial charge in [0, 0.05) is 26.2 Å². The van der Waals surface area contributed by atoms with Crippen LogP contribution < -0.4 is 27.3 Å². The molecule has 0 heterocycles. The van der Waals surface area contributed by atoms with Crippen molar-refractivity contribution < 1.29 is 0 Å². The van der Waals surface area contributed by atoms with Gasteiger partial charge in [-0.05, 0) is 266 Å². The molecule has 0 saturated heterocycles. The minimum atomic E-state index is 0.309. The van der Waals surface area contributed by atoms with Gasteiger partial charge >= 0.3 is 0 Å². The van der Waals surface area contributed by atoms with Crippen LogP contribution in [-0.2, 0) is 0 Å². The molecule has 0 N–H and O–H groups in total. The highest BCUT2D eigenvalue weighted by molar-refractivity contribution is 7.87. The first kappa shape index (κ1) is 54.6. The zero-order valence-corrected chi connectivity index (χ0v) is 49.9. The Kier molecular flexibility index (Phi) is 15.3. The maximum atomic E-state index is 2.55. The van der Waals surface area contributed by atoms with Crippen LogP contribution in [-0.4, -0.2) is 138 Å². The van der Waals surface area contributed by atoms with E-state index < -0.39 is 0 Å². The van der Waals surface area contributed by atoms with Crippen molar-refractivity contribution in [2.45, 2.75) is 118 Å². The molecule has 336 valence electrons. The quantitative estimate of drug-likeness (QED) is 0.102. The van der Waals surface area contributed by atoms with E-state index in [1.807, 2.05) is 0 Å². The number of benzene rings is 7. The van der Waals surface area contributed by atoms with Crippen molar-refractivity contribution in [1.82, 2.24) is 0 Å². The third-order valence-electron chi connectivity index (χ3n) is 20.2. The highest BCUT2D eigenvalue weighted by Crippen LogP contribution is 2.54. The predicted molar refractivity (Wildman–Crippen MR) is 369 cm³/mol. The van der Waals surface area contributed by atoms with Crippen molar-refractivity contribution in [3.8, 4) is 22.3 Å². The number of hydrogen-bond acceptors (Lipinski definition) is 0. The lowest BCUT2D eigenvalue weighted by Gasteiger charge is -2.36. The smallest absolute Gasteiger partial charge is 0.105 e. The van der Waals surface area contributed by atoms with Gasteiger partial charge in [0.15, 0.2) is 0 Å². The van der Waals surface area contributed by atoms with Crippen LogP contribution >= 0.6 is 0 Å². The van der Waals surface area contributed by atoms with E-state index in [1.54, 1.807) is 32.6 Å². The fourth-order valence-electron chi connectivity index (χ4n) is 14.4. The van der Waals surface area contributed by atoms with Crippen LogP contribution in [0.2, 0.25) is 0 Å². The summed E-state index contributed by atoms with van der Waals surface area (Å²) in [5, 5.41) is 11.9. The molecular formula is C51H75B19. The minimum absolute atomic E-state index is 0.309. The van der Waals surface area contributed by atoms with Gasteiger partial charge in [0.25, 0.3) is 0 Å². The van der Waals surface area contributed by atoms with E-state index in [1.165, 1.54) is 162 Å². The lowest BCUT2D eigenvalue weighted by molar-refractivity contribution is 1.22. The summed E-state index contributed by atoms with van der Waals surface area (Å²) < 4.78 is 0. The highest BCUT2D eigenvalue weighted by atomic mass is 14.3. The molecule has 0 unspecified atom stereocenters. The van der Waals surface area contributed by atoms with Crippen molar-refractivity contribution in [3.63, 3.8) is 0 Å². The molecule has 0 saturated carbocycles. The van der Waals surface area contributed by atoms with Crippen LogP contribution in [0.25, 0.3) is 65.3 Å². The molecule has 0 aliphatic carbocycles. The van der Waals surface area contributed by atoms with Gasteiger partial charge in [-0.1, -0.05) is 33.0 Å². The molecule has 19 heteroatoms. The molecule has 7 aromatic carbocycles. The average molecular weight is 894 g/mol. The molecule has 0 aliphatic heterocycles. The van der Waals surface area contributed by atoms with Gasteiger partial charge in [0.2, 0.25) is 0 Å². The van der Waals surface area contributed by atoms with E-state index in [9.17, 15) is 0 Å². The summed E-state index contributed by atoms with van der Waals surface area (Å²) >= 11 is 0. The van der Waals surface area contributed by atoms with Gasteiger partial charge in [0.05, 0.1) is 90.4 Å². The van der Waals surface area contributed by atoms with Gasteiger partial charge < -0.3 is 0 Å². The van der Waals surface area contributed by atoms with Crippen LogP contribution in [0.5, 0.6) is 0 Å². The topological polar surface area (TPSA) is 0 Å². The molecule has 0 aromatic heterocycles. The van der Waals surface area contributed by atoms with Crippen LogP contribution in [0.15, 0.2) is 0 Å². The van der Waals surface area contributed by atoms with Crippen molar-refractivity contribution in [2.24, 2.45) is 0 Å². The second-order valence-corrected chi connectivity index (χ2v) is 24.2. The summed E-state index contributed by atoms with van der Waals surface area (Å²) in [6, 6.07) is 0. The number of hydrogen-bond donors (Lipinski definition) is 0. The van der Waals surface area contributed by atoms with E-state index >= 15 is 0 Å². The summed E-state index contributed by atoms with van der Waals surface area (Å²) in [6.45, 7) is 42.5. The Labute approximate surface area is 440 Å². The van der Waals surface area contributed by atoms with E-state index in [0.29, 0.717) is 38.6 Å². The number of fused-ring (bicyclic) bond motifs is 4. The monoisotopic (exact) mass is 897 g/mol. The third-order valence-corrected chi connectivity index (χ3v) is 20.2. The van der Waals surface area contributed by atoms with Crippen LogP contribution in [0, 0.1) is 118 Å². The Morgan fingerprint density at radius 1 is 0.314 bits per heavy atom. The van der Waals surface area contributed by atoms with Crippen LogP contribution in [0.4, 0.5) is 0 Å². The number of rotatable bonds is 10. The predicted octanol–water partition coefficient (Wildman–Crippen LogP) is -2.91. The fraction of sp³-hybridized carbons (Fsp3) is 0.333. The molecule has 0 spiro atoms. The van der Waals surface area contributed by atoms with E-state index in [4.69, 9.17) is 0 Å². The Morgan fingerprint density at radius 3 is 1.00 bits per heavy atom. The van der Waals surface area contributed by atoms with Gasteiger partial charge in [0.1, 0.15) is 21.5 Å². The summed E-state index contributed by atoms with van der Waals surface area (Å²) in [5.41, 5.74) is 38.2. The second kappa shape index (κ2) is 19.6. The largest absolute Gasteiger partial charge is 0.139 e.